The van der Waals surface area contributed by atoms with E-state index in [1.807, 2.05) is 62.4 Å². The highest BCUT2D eigenvalue weighted by molar-refractivity contribution is 7.83. The Bertz CT molecular complexity index is 665. The van der Waals surface area contributed by atoms with Crippen LogP contribution in [0.3, 0.4) is 0 Å². The summed E-state index contributed by atoms with van der Waals surface area (Å²) in [5, 5.41) is 8.11. The molecule has 0 aromatic heterocycles. The van der Waals surface area contributed by atoms with Gasteiger partial charge in [-0.1, -0.05) is 56.2 Å². The predicted octanol–water partition coefficient (Wildman–Crippen LogP) is 2.50. The van der Waals surface area contributed by atoms with Gasteiger partial charge in [-0.3, -0.25) is 10.0 Å². The molecule has 0 aliphatic carbocycles. The summed E-state index contributed by atoms with van der Waals surface area (Å²) in [5.41, 5.74) is 2.16. The summed E-state index contributed by atoms with van der Waals surface area (Å²) < 4.78 is 13.7. The van der Waals surface area contributed by atoms with Crippen LogP contribution in [-0.2, 0) is 15.8 Å². The van der Waals surface area contributed by atoms with Crippen LogP contribution in [0.15, 0.2) is 65.6 Å². The fraction of sp³-hybridized carbons (Fsp3) is 0.167. The summed E-state index contributed by atoms with van der Waals surface area (Å²) in [6.45, 7) is 4.00. The first-order valence-corrected chi connectivity index (χ1v) is 8.47. The second kappa shape index (κ2) is 14.2. The lowest BCUT2D eigenvalue weighted by molar-refractivity contribution is -0.123. The van der Waals surface area contributed by atoms with Gasteiger partial charge >= 0.3 is 5.91 Å². The highest BCUT2D eigenvalue weighted by Gasteiger charge is 1.95. The average Bonchev–Trinajstić information content (AvgIpc) is 2.69. The Morgan fingerprint density at radius 2 is 1.50 bits per heavy atom. The molecule has 0 aliphatic rings. The molecule has 0 radical (unpaired) electrons. The van der Waals surface area contributed by atoms with Crippen LogP contribution in [0.5, 0.6) is 0 Å². The number of benzene rings is 2. The molecule has 24 heavy (non-hydrogen) atoms. The van der Waals surface area contributed by atoms with E-state index >= 15 is 0 Å². The number of carbonyl (C=O) groups is 1. The van der Waals surface area contributed by atoms with Crippen molar-refractivity contribution in [2.24, 2.45) is 0 Å². The van der Waals surface area contributed by atoms with Crippen LogP contribution in [0, 0.1) is 11.8 Å². The van der Waals surface area contributed by atoms with E-state index in [1.165, 1.54) is 5.48 Å². The van der Waals surface area contributed by atoms with E-state index in [-0.39, 0.29) is 0 Å². The molecule has 1 unspecified atom stereocenters. The van der Waals surface area contributed by atoms with Gasteiger partial charge in [-0.05, 0) is 31.3 Å². The van der Waals surface area contributed by atoms with Crippen molar-refractivity contribution in [1.29, 1.82) is 0 Å². The van der Waals surface area contributed by atoms with Crippen molar-refractivity contribution in [3.63, 3.8) is 0 Å². The molecule has 0 heterocycles. The Labute approximate surface area is 145 Å². The Kier molecular flexibility index (Phi) is 12.7. The predicted molar refractivity (Wildman–Crippen MR) is 96.5 cm³/mol. The number of hydroxylamine groups is 1. The van der Waals surface area contributed by atoms with E-state index < -0.39 is 16.9 Å². The summed E-state index contributed by atoms with van der Waals surface area (Å²) in [6.07, 6.45) is 0. The molecule has 2 aromatic carbocycles. The van der Waals surface area contributed by atoms with Gasteiger partial charge < -0.3 is 0 Å². The maximum atomic E-state index is 11.0. The first-order valence-electron chi connectivity index (χ1n) is 7.32. The quantitative estimate of drug-likeness (QED) is 0.444. The standard InChI is InChI=1S/C9H7NO2.C7H9NOS.C2H6/c11-9(10-12)7-6-8-4-2-1-3-5-8;1-8-10(9)7-5-3-2-4-6-7;1-2/h1-5,12H,(H,10,11);2-6,8H,1H3;1-2H3. The van der Waals surface area contributed by atoms with E-state index in [0.717, 1.165) is 10.5 Å². The van der Waals surface area contributed by atoms with Crippen molar-refractivity contribution in [3.05, 3.63) is 66.2 Å². The fourth-order valence-corrected chi connectivity index (χ4v) is 1.98. The molecule has 5 nitrogen and oxygen atoms in total. The molecule has 1 atom stereocenters. The van der Waals surface area contributed by atoms with Gasteiger partial charge in [-0.2, -0.15) is 0 Å². The lowest BCUT2D eigenvalue weighted by atomic mass is 10.2. The first kappa shape index (κ1) is 21.5. The van der Waals surface area contributed by atoms with E-state index in [0.29, 0.717) is 0 Å². The summed E-state index contributed by atoms with van der Waals surface area (Å²) in [4.78, 5) is 11.3. The molecule has 0 saturated heterocycles. The van der Waals surface area contributed by atoms with Gasteiger partial charge in [0.15, 0.2) is 0 Å². The largest absolute Gasteiger partial charge is 0.319 e. The van der Waals surface area contributed by atoms with E-state index in [4.69, 9.17) is 5.21 Å². The third kappa shape index (κ3) is 9.54. The number of hydrogen-bond acceptors (Lipinski definition) is 3. The second-order valence-corrected chi connectivity index (χ2v) is 5.26. The third-order valence-corrected chi connectivity index (χ3v) is 3.41. The second-order valence-electron chi connectivity index (χ2n) is 3.84. The van der Waals surface area contributed by atoms with Crippen molar-refractivity contribution >= 4 is 16.9 Å². The van der Waals surface area contributed by atoms with Crippen LogP contribution >= 0.6 is 0 Å². The van der Waals surface area contributed by atoms with Gasteiger partial charge in [0.2, 0.25) is 0 Å². The monoisotopic (exact) mass is 346 g/mol. The van der Waals surface area contributed by atoms with Crippen LogP contribution in [0.1, 0.15) is 19.4 Å². The zero-order chi connectivity index (χ0) is 18.2. The van der Waals surface area contributed by atoms with Crippen molar-refractivity contribution in [2.75, 3.05) is 7.05 Å². The van der Waals surface area contributed by atoms with Crippen LogP contribution in [0.2, 0.25) is 0 Å². The zero-order valence-corrected chi connectivity index (χ0v) is 14.8. The molecule has 6 heteroatoms. The van der Waals surface area contributed by atoms with Gasteiger partial charge in [0, 0.05) is 11.5 Å². The molecule has 0 aliphatic heterocycles. The van der Waals surface area contributed by atoms with Gasteiger partial charge in [0.05, 0.1) is 4.90 Å². The smallest absolute Gasteiger partial charge is 0.288 e. The zero-order valence-electron chi connectivity index (χ0n) is 13.9. The van der Waals surface area contributed by atoms with Crippen LogP contribution in [0.25, 0.3) is 0 Å². The lowest BCUT2D eigenvalue weighted by Crippen LogP contribution is -2.15. The normalized spacial score (nSPS) is 9.67. The number of hydrogen-bond donors (Lipinski definition) is 3. The minimum absolute atomic E-state index is 0.709. The summed E-state index contributed by atoms with van der Waals surface area (Å²) in [5.74, 6) is 4.06. The molecular formula is C18H22N2O3S. The lowest BCUT2D eigenvalue weighted by Gasteiger charge is -1.96. The maximum absolute atomic E-state index is 11.0. The molecular weight excluding hydrogens is 324 g/mol. The molecule has 0 bridgehead atoms. The number of rotatable bonds is 2. The van der Waals surface area contributed by atoms with Crippen molar-refractivity contribution in [1.82, 2.24) is 10.2 Å². The summed E-state index contributed by atoms with van der Waals surface area (Å²) in [6, 6.07) is 18.3. The Balaban J connectivity index is 0.000000405. The minimum Gasteiger partial charge on any atom is -0.288 e. The molecule has 2 rings (SSSR count). The minimum atomic E-state index is -1.04. The highest BCUT2D eigenvalue weighted by atomic mass is 32.2. The van der Waals surface area contributed by atoms with Crippen molar-refractivity contribution in [3.8, 4) is 11.8 Å². The maximum Gasteiger partial charge on any atom is 0.319 e. The van der Waals surface area contributed by atoms with Crippen LogP contribution in [-0.4, -0.2) is 22.4 Å². The molecule has 0 saturated carbocycles. The first-order chi connectivity index (χ1) is 11.7. The Morgan fingerprint density at radius 3 is 1.96 bits per heavy atom. The van der Waals surface area contributed by atoms with E-state index in [9.17, 15) is 9.00 Å². The van der Waals surface area contributed by atoms with Crippen molar-refractivity contribution < 1.29 is 14.2 Å². The molecule has 3 N–H and O–H groups in total. The molecule has 1 amide bonds. The molecule has 0 spiro atoms. The van der Waals surface area contributed by atoms with Crippen LogP contribution in [0.4, 0.5) is 0 Å². The average molecular weight is 346 g/mol. The topological polar surface area (TPSA) is 78.4 Å². The molecule has 2 aromatic rings. The highest BCUT2D eigenvalue weighted by Crippen LogP contribution is 2.01. The molecule has 128 valence electrons. The van der Waals surface area contributed by atoms with E-state index in [2.05, 4.69) is 16.6 Å². The van der Waals surface area contributed by atoms with Crippen molar-refractivity contribution in [2.45, 2.75) is 18.7 Å². The Morgan fingerprint density at radius 1 is 1.00 bits per heavy atom. The van der Waals surface area contributed by atoms with E-state index in [1.54, 1.807) is 19.2 Å². The number of carbonyl (C=O) groups excluding carboxylic acids is 1. The van der Waals surface area contributed by atoms with Crippen LogP contribution < -0.4 is 10.2 Å². The summed E-state index contributed by atoms with van der Waals surface area (Å²) in [7, 11) is 0.629. The van der Waals surface area contributed by atoms with Gasteiger partial charge in [-0.15, -0.1) is 0 Å². The Hall–Kier alpha value is -2.46. The fourth-order valence-electron chi connectivity index (χ4n) is 1.34. The van der Waals surface area contributed by atoms with Gasteiger partial charge in [0.1, 0.15) is 11.0 Å². The number of nitrogens with one attached hydrogen (secondary N) is 2. The van der Waals surface area contributed by atoms with Gasteiger partial charge in [-0.25, -0.2) is 14.4 Å². The number of amides is 1. The summed E-state index contributed by atoms with van der Waals surface area (Å²) >= 11 is 0. The van der Waals surface area contributed by atoms with Gasteiger partial charge in [0.25, 0.3) is 0 Å². The molecule has 0 fully saturated rings. The SMILES string of the molecule is CC.CNS(=O)c1ccccc1.O=C(C#Cc1ccccc1)NO. The third-order valence-electron chi connectivity index (χ3n) is 2.34.